The predicted octanol–water partition coefficient (Wildman–Crippen LogP) is 12.3. The van der Waals surface area contributed by atoms with E-state index in [1.165, 1.54) is 0 Å². The molecule has 0 fully saturated rings. The van der Waals surface area contributed by atoms with Gasteiger partial charge in [-0.1, -0.05) is 135 Å². The molecule has 0 aromatic rings. The molecule has 0 unspecified atom stereocenters. The minimum atomic E-state index is -0.250. The first-order valence-electron chi connectivity index (χ1n) is 17.6. The maximum Gasteiger partial charge on any atom is 0.147 e. The second kappa shape index (κ2) is 35.9. The third kappa shape index (κ3) is 34.9. The van der Waals surface area contributed by atoms with Gasteiger partial charge in [-0.3, -0.25) is 14.4 Å². The van der Waals surface area contributed by atoms with Crippen LogP contribution in [0.3, 0.4) is 0 Å². The molecule has 0 aromatic heterocycles. The first-order valence-corrected chi connectivity index (χ1v) is 17.6. The van der Waals surface area contributed by atoms with Crippen molar-refractivity contribution in [3.05, 3.63) is 122 Å². The molecule has 0 aliphatic rings. The van der Waals surface area contributed by atoms with Gasteiger partial charge in [-0.2, -0.15) is 0 Å². The average molecular weight is 627 g/mol. The number of allylic oxidation sites excluding steroid dienone is 20. The number of carbonyl (C=O) groups excluding carboxylic acids is 3. The molecule has 0 heterocycles. The van der Waals surface area contributed by atoms with Gasteiger partial charge >= 0.3 is 0 Å². The molecular weight excluding hydrogens is 564 g/mol. The number of carbonyl (C=O) groups is 3. The Morgan fingerprint density at radius 3 is 0.826 bits per heavy atom. The van der Waals surface area contributed by atoms with Gasteiger partial charge in [0.15, 0.2) is 0 Å². The lowest BCUT2D eigenvalue weighted by molar-refractivity contribution is -0.130. The molecule has 46 heavy (non-hydrogen) atoms. The first kappa shape index (κ1) is 42.4. The van der Waals surface area contributed by atoms with E-state index in [0.717, 1.165) is 89.9 Å². The summed E-state index contributed by atoms with van der Waals surface area (Å²) in [5.74, 6) is -0.382. The van der Waals surface area contributed by atoms with Crippen LogP contribution in [0.5, 0.6) is 0 Å². The quantitative estimate of drug-likeness (QED) is 0.0453. The molecule has 0 bridgehead atoms. The summed E-state index contributed by atoms with van der Waals surface area (Å²) in [6, 6.07) is 0. The average Bonchev–Trinajstić information content (AvgIpc) is 3.03. The fourth-order valence-corrected chi connectivity index (χ4v) is 4.25. The third-order valence-corrected chi connectivity index (χ3v) is 6.76. The van der Waals surface area contributed by atoms with Gasteiger partial charge < -0.3 is 0 Å². The van der Waals surface area contributed by atoms with E-state index in [1.807, 2.05) is 0 Å². The highest BCUT2D eigenvalue weighted by Gasteiger charge is 2.13. The highest BCUT2D eigenvalue weighted by molar-refractivity contribution is 6.07. The molecule has 0 N–H and O–H groups in total. The number of ketones is 3. The number of hydrogen-bond acceptors (Lipinski definition) is 3. The fraction of sp³-hybridized carbons (Fsp3) is 0.465. The highest BCUT2D eigenvalue weighted by atomic mass is 16.2. The Morgan fingerprint density at radius 1 is 0.326 bits per heavy atom. The van der Waals surface area contributed by atoms with Crippen LogP contribution in [0.15, 0.2) is 122 Å². The highest BCUT2D eigenvalue weighted by Crippen LogP contribution is 2.07. The molecule has 0 aromatic carbocycles. The maximum absolute atomic E-state index is 12.1. The number of hydrogen-bond donors (Lipinski definition) is 0. The monoisotopic (exact) mass is 626 g/mol. The normalized spacial score (nSPS) is 13.1. The van der Waals surface area contributed by atoms with Gasteiger partial charge in [0.1, 0.15) is 17.3 Å². The summed E-state index contributed by atoms with van der Waals surface area (Å²) < 4.78 is 0. The third-order valence-electron chi connectivity index (χ3n) is 6.76. The molecule has 0 atom stereocenters. The summed E-state index contributed by atoms with van der Waals surface area (Å²) in [6.45, 7) is 4.29. The van der Waals surface area contributed by atoms with Crippen molar-refractivity contribution in [1.29, 1.82) is 0 Å². The van der Waals surface area contributed by atoms with Crippen LogP contribution < -0.4 is 0 Å². The van der Waals surface area contributed by atoms with E-state index in [1.54, 1.807) is 0 Å². The summed E-state index contributed by atoms with van der Waals surface area (Å²) in [5, 5.41) is 0. The molecule has 0 amide bonds. The van der Waals surface area contributed by atoms with E-state index in [2.05, 4.69) is 135 Å². The lowest BCUT2D eigenvalue weighted by Crippen LogP contribution is -2.12. The SMILES string of the molecule is CC/C=C/C/C=C/C/C=C/C/C=C/C/C=C/CCCC(=O)CC(=O)CC(=O)CCC/C=C/C/C=C/C/C=C/C/C=C/C/C=C/CC. The smallest absolute Gasteiger partial charge is 0.147 e. The maximum atomic E-state index is 12.1. The summed E-state index contributed by atoms with van der Waals surface area (Å²) >= 11 is 0. The number of rotatable bonds is 30. The van der Waals surface area contributed by atoms with E-state index < -0.39 is 0 Å². The van der Waals surface area contributed by atoms with Crippen LogP contribution in [-0.4, -0.2) is 17.3 Å². The van der Waals surface area contributed by atoms with Gasteiger partial charge in [-0.15, -0.1) is 0 Å². The lowest BCUT2D eigenvalue weighted by atomic mass is 10.0. The summed E-state index contributed by atoms with van der Waals surface area (Å²) in [5.41, 5.74) is 0. The molecule has 0 saturated heterocycles. The van der Waals surface area contributed by atoms with Crippen LogP contribution in [0.25, 0.3) is 0 Å². The van der Waals surface area contributed by atoms with Gasteiger partial charge in [0.25, 0.3) is 0 Å². The zero-order chi connectivity index (χ0) is 33.6. The van der Waals surface area contributed by atoms with Crippen LogP contribution in [0.2, 0.25) is 0 Å². The van der Waals surface area contributed by atoms with Crippen LogP contribution in [0, 0.1) is 0 Å². The van der Waals surface area contributed by atoms with Gasteiger partial charge in [0, 0.05) is 12.8 Å². The minimum Gasteiger partial charge on any atom is -0.299 e. The van der Waals surface area contributed by atoms with Crippen molar-refractivity contribution in [1.82, 2.24) is 0 Å². The van der Waals surface area contributed by atoms with E-state index in [4.69, 9.17) is 0 Å². The van der Waals surface area contributed by atoms with Gasteiger partial charge in [-0.05, 0) is 89.9 Å². The van der Waals surface area contributed by atoms with E-state index in [9.17, 15) is 14.4 Å². The standard InChI is InChI=1S/C43H62O3/c1-3-5-7-9-11-13-15-17-19-21-23-25-27-29-31-33-35-37-41(44)39-43(46)40-42(45)38-36-34-32-30-28-26-24-22-20-18-16-14-12-10-8-6-4-2/h5-8,11-14,17-20,23-26,29-32H,3-4,9-10,15-16,21-22,27-28,33-40H2,1-2H3/b7-5+,8-6+,13-11+,14-12+,19-17+,20-18+,25-23+,26-24+,31-29+,32-30+. The Hall–Kier alpha value is -3.59. The second-order valence-electron chi connectivity index (χ2n) is 11.2. The van der Waals surface area contributed by atoms with Crippen molar-refractivity contribution in [3.63, 3.8) is 0 Å². The molecule has 252 valence electrons. The zero-order valence-corrected chi connectivity index (χ0v) is 29.0. The van der Waals surface area contributed by atoms with Crippen molar-refractivity contribution >= 4 is 17.3 Å². The summed E-state index contributed by atoms with van der Waals surface area (Å²) in [6.07, 6.45) is 56.7. The Labute approximate surface area is 282 Å². The fourth-order valence-electron chi connectivity index (χ4n) is 4.25. The second-order valence-corrected chi connectivity index (χ2v) is 11.2. The van der Waals surface area contributed by atoms with Gasteiger partial charge in [-0.25, -0.2) is 0 Å². The minimum absolute atomic E-state index is 0.0658. The van der Waals surface area contributed by atoms with Gasteiger partial charge in [0.05, 0.1) is 12.8 Å². The van der Waals surface area contributed by atoms with Crippen molar-refractivity contribution in [2.45, 2.75) is 129 Å². The van der Waals surface area contributed by atoms with E-state index in [0.29, 0.717) is 12.8 Å². The molecule has 0 rings (SSSR count). The zero-order valence-electron chi connectivity index (χ0n) is 29.0. The largest absolute Gasteiger partial charge is 0.299 e. The molecular formula is C43H62O3. The Bertz CT molecular complexity index is 985. The summed E-state index contributed by atoms with van der Waals surface area (Å²) in [4.78, 5) is 36.4. The molecule has 0 saturated carbocycles. The van der Waals surface area contributed by atoms with Crippen molar-refractivity contribution < 1.29 is 14.4 Å². The first-order chi connectivity index (χ1) is 22.6. The lowest BCUT2D eigenvalue weighted by Gasteiger charge is -2.01. The van der Waals surface area contributed by atoms with Crippen molar-refractivity contribution in [2.75, 3.05) is 0 Å². The number of unbranched alkanes of at least 4 members (excludes halogenated alkanes) is 2. The summed E-state index contributed by atoms with van der Waals surface area (Å²) in [7, 11) is 0. The van der Waals surface area contributed by atoms with Crippen molar-refractivity contribution in [3.8, 4) is 0 Å². The molecule has 0 aliphatic carbocycles. The Morgan fingerprint density at radius 2 is 0.565 bits per heavy atom. The topological polar surface area (TPSA) is 51.2 Å². The van der Waals surface area contributed by atoms with Crippen LogP contribution in [0.4, 0.5) is 0 Å². The predicted molar refractivity (Wildman–Crippen MR) is 201 cm³/mol. The van der Waals surface area contributed by atoms with Crippen LogP contribution in [-0.2, 0) is 14.4 Å². The van der Waals surface area contributed by atoms with E-state index >= 15 is 0 Å². The number of Topliss-reactive ketones (excluding diaryl/α,β-unsaturated/α-hetero) is 3. The van der Waals surface area contributed by atoms with Crippen LogP contribution in [0.1, 0.15) is 129 Å². The molecule has 0 spiro atoms. The van der Waals surface area contributed by atoms with Gasteiger partial charge in [0.2, 0.25) is 0 Å². The Kier molecular flexibility index (Phi) is 33.1. The molecule has 3 heteroatoms. The van der Waals surface area contributed by atoms with Crippen LogP contribution >= 0.6 is 0 Å². The Balaban J connectivity index is 3.76. The van der Waals surface area contributed by atoms with Crippen molar-refractivity contribution in [2.24, 2.45) is 0 Å². The molecule has 0 radical (unpaired) electrons. The molecule has 0 aliphatic heterocycles. The van der Waals surface area contributed by atoms with E-state index in [-0.39, 0.29) is 30.2 Å². The molecule has 3 nitrogen and oxygen atoms in total.